The first-order chi connectivity index (χ1) is 16.3. The Kier molecular flexibility index (Phi) is 19.2. The minimum atomic E-state index is -4.79. The first kappa shape index (κ1) is 31.3. The maximum absolute atomic E-state index is 12.1. The fourth-order valence-corrected chi connectivity index (χ4v) is 2.96. The van der Waals surface area contributed by atoms with Crippen LogP contribution in [0, 0.1) is 47.4 Å². The molecule has 8 nitrogen and oxygen atoms in total. The van der Waals surface area contributed by atoms with E-state index in [0.29, 0.717) is 6.42 Å². The van der Waals surface area contributed by atoms with Crippen molar-refractivity contribution in [3.8, 4) is 47.4 Å². The van der Waals surface area contributed by atoms with Crippen molar-refractivity contribution >= 4 is 19.8 Å². The van der Waals surface area contributed by atoms with Gasteiger partial charge in [-0.05, 0) is 48.9 Å². The van der Waals surface area contributed by atoms with Crippen molar-refractivity contribution in [3.63, 3.8) is 0 Å². The van der Waals surface area contributed by atoms with E-state index in [-0.39, 0.29) is 6.42 Å². The zero-order chi connectivity index (χ0) is 25.5. The van der Waals surface area contributed by atoms with Crippen LogP contribution in [0.3, 0.4) is 0 Å². The normalized spacial score (nSPS) is 10.6. The molecule has 0 saturated heterocycles. The zero-order valence-electron chi connectivity index (χ0n) is 19.9. The molecule has 0 fully saturated rings. The van der Waals surface area contributed by atoms with Crippen molar-refractivity contribution in [2.45, 2.75) is 84.2 Å². The molecule has 2 N–H and O–H groups in total. The van der Waals surface area contributed by atoms with Gasteiger partial charge < -0.3 is 19.3 Å². The second kappa shape index (κ2) is 20.9. The number of carbonyl (C=O) groups excluding carboxylic acids is 2. The maximum atomic E-state index is 12.1. The Morgan fingerprint density at radius 3 is 1.97 bits per heavy atom. The molecule has 0 aromatic rings. The van der Waals surface area contributed by atoms with Gasteiger partial charge in [0.1, 0.15) is 6.61 Å². The molecule has 0 unspecified atom stereocenters. The topological polar surface area (TPSA) is 119 Å². The summed E-state index contributed by atoms with van der Waals surface area (Å²) in [4.78, 5) is 41.5. The Labute approximate surface area is 202 Å². The first-order valence-electron chi connectivity index (χ1n) is 11.3. The molecule has 0 aliphatic heterocycles. The highest BCUT2D eigenvalue weighted by Crippen LogP contribution is 2.35. The van der Waals surface area contributed by atoms with Crippen LogP contribution in [0.15, 0.2) is 0 Å². The lowest BCUT2D eigenvalue weighted by Crippen LogP contribution is -2.29. The van der Waals surface area contributed by atoms with E-state index in [1.807, 2.05) is 0 Å². The third-order valence-electron chi connectivity index (χ3n) is 4.21. The Morgan fingerprint density at radius 2 is 1.38 bits per heavy atom. The average Bonchev–Trinajstić information content (AvgIpc) is 2.78. The SMILES string of the molecule is CC#CC#CC#CC#CC(=O)OC[C@H](COP(=O)(O)O)OC(=O)CCCCCCCCCCC. The van der Waals surface area contributed by atoms with Crippen LogP contribution < -0.4 is 0 Å². The molecular weight excluding hydrogens is 459 g/mol. The molecule has 0 saturated carbocycles. The number of esters is 2. The molecule has 0 aliphatic carbocycles. The summed E-state index contributed by atoms with van der Waals surface area (Å²) in [5, 5.41) is 0. The van der Waals surface area contributed by atoms with Crippen LogP contribution in [0.25, 0.3) is 0 Å². The van der Waals surface area contributed by atoms with E-state index >= 15 is 0 Å². The predicted molar refractivity (Wildman–Crippen MR) is 127 cm³/mol. The Morgan fingerprint density at radius 1 is 0.824 bits per heavy atom. The van der Waals surface area contributed by atoms with E-state index in [0.717, 1.165) is 19.3 Å². The number of hydrogen-bond donors (Lipinski definition) is 2. The molecule has 0 rings (SSSR count). The molecule has 34 heavy (non-hydrogen) atoms. The number of rotatable bonds is 16. The zero-order valence-corrected chi connectivity index (χ0v) is 20.7. The molecule has 0 spiro atoms. The van der Waals surface area contributed by atoms with Crippen LogP contribution in [0.2, 0.25) is 0 Å². The summed E-state index contributed by atoms with van der Waals surface area (Å²) >= 11 is 0. The van der Waals surface area contributed by atoms with Crippen LogP contribution in [0.5, 0.6) is 0 Å². The summed E-state index contributed by atoms with van der Waals surface area (Å²) in [6.07, 6.45) is 8.79. The molecule has 0 aromatic heterocycles. The van der Waals surface area contributed by atoms with Crippen LogP contribution in [0.1, 0.15) is 78.1 Å². The predicted octanol–water partition coefficient (Wildman–Crippen LogP) is 3.51. The van der Waals surface area contributed by atoms with E-state index < -0.39 is 39.1 Å². The van der Waals surface area contributed by atoms with Crippen molar-refractivity contribution in [3.05, 3.63) is 0 Å². The monoisotopic (exact) mass is 492 g/mol. The van der Waals surface area contributed by atoms with Crippen molar-refractivity contribution in [2.75, 3.05) is 13.2 Å². The van der Waals surface area contributed by atoms with Gasteiger partial charge in [-0.2, -0.15) is 0 Å². The van der Waals surface area contributed by atoms with E-state index in [2.05, 4.69) is 58.8 Å². The van der Waals surface area contributed by atoms with Gasteiger partial charge in [-0.3, -0.25) is 9.32 Å². The van der Waals surface area contributed by atoms with E-state index in [9.17, 15) is 14.2 Å². The van der Waals surface area contributed by atoms with Gasteiger partial charge in [0.15, 0.2) is 6.10 Å². The van der Waals surface area contributed by atoms with Gasteiger partial charge in [-0.15, -0.1) is 0 Å². The van der Waals surface area contributed by atoms with Gasteiger partial charge in [0.05, 0.1) is 6.61 Å². The van der Waals surface area contributed by atoms with Crippen molar-refractivity contribution < 1.29 is 37.9 Å². The van der Waals surface area contributed by atoms with Crippen LogP contribution in [0.4, 0.5) is 0 Å². The number of carbonyl (C=O) groups is 2. The number of hydrogen-bond acceptors (Lipinski definition) is 6. The van der Waals surface area contributed by atoms with Gasteiger partial charge in [-0.1, -0.05) is 64.2 Å². The van der Waals surface area contributed by atoms with Crippen molar-refractivity contribution in [2.24, 2.45) is 0 Å². The standard InChI is InChI=1S/C25H33O8P/c1-3-5-7-9-11-12-14-16-18-20-25(27)33-23(22-32-34(28,29)30)21-31-24(26)19-17-15-13-10-8-6-4-2/h23H,3,5,7,9,11-12,14,16,18,20-22H2,1-2H3,(H2,28,29,30)/t23-/m1/s1. The Balaban J connectivity index is 4.44. The fraction of sp³-hybridized carbons (Fsp3) is 0.600. The van der Waals surface area contributed by atoms with Gasteiger partial charge in [-0.25, -0.2) is 9.36 Å². The molecule has 0 heterocycles. The lowest BCUT2D eigenvalue weighted by atomic mass is 10.1. The summed E-state index contributed by atoms with van der Waals surface area (Å²) in [7, 11) is -4.79. The summed E-state index contributed by atoms with van der Waals surface area (Å²) in [5.74, 6) is 17.4. The van der Waals surface area contributed by atoms with Crippen LogP contribution in [-0.2, 0) is 28.2 Å². The first-order valence-corrected chi connectivity index (χ1v) is 12.8. The van der Waals surface area contributed by atoms with E-state index in [1.165, 1.54) is 32.1 Å². The van der Waals surface area contributed by atoms with Crippen molar-refractivity contribution in [1.29, 1.82) is 0 Å². The summed E-state index contributed by atoms with van der Waals surface area (Å²) in [6, 6.07) is 0. The highest BCUT2D eigenvalue weighted by molar-refractivity contribution is 7.46. The largest absolute Gasteiger partial charge is 0.469 e. The fourth-order valence-electron chi connectivity index (χ4n) is 2.60. The molecule has 0 bridgehead atoms. The van der Waals surface area contributed by atoms with Crippen LogP contribution in [-0.4, -0.2) is 41.0 Å². The average molecular weight is 493 g/mol. The second-order valence-corrected chi connectivity index (χ2v) is 8.44. The molecule has 0 radical (unpaired) electrons. The van der Waals surface area contributed by atoms with Gasteiger partial charge in [0, 0.05) is 12.3 Å². The molecule has 0 aromatic carbocycles. The number of phosphoric acid groups is 1. The molecule has 1 atom stereocenters. The van der Waals surface area contributed by atoms with E-state index in [1.54, 1.807) is 6.92 Å². The summed E-state index contributed by atoms with van der Waals surface area (Å²) in [5.41, 5.74) is 0. The maximum Gasteiger partial charge on any atom is 0.469 e. The quantitative estimate of drug-likeness (QED) is 0.110. The lowest BCUT2D eigenvalue weighted by Gasteiger charge is -2.17. The number of phosphoric ester groups is 1. The van der Waals surface area contributed by atoms with Gasteiger partial charge in [0.2, 0.25) is 0 Å². The highest BCUT2D eigenvalue weighted by atomic mass is 31.2. The summed E-state index contributed by atoms with van der Waals surface area (Å²) < 4.78 is 25.4. The van der Waals surface area contributed by atoms with Gasteiger partial charge in [0.25, 0.3) is 0 Å². The number of unbranched alkanes of at least 4 members (excludes halogenated alkanes) is 8. The smallest absolute Gasteiger partial charge is 0.456 e. The number of ether oxygens (including phenoxy) is 2. The minimum absolute atomic E-state index is 0.148. The molecule has 0 amide bonds. The molecule has 0 aliphatic rings. The lowest BCUT2D eigenvalue weighted by molar-refractivity contribution is -0.158. The van der Waals surface area contributed by atoms with Crippen LogP contribution >= 0.6 is 7.82 Å². The molecular formula is C25H33O8P. The Bertz CT molecular complexity index is 906. The molecule has 186 valence electrons. The second-order valence-electron chi connectivity index (χ2n) is 7.20. The summed E-state index contributed by atoms with van der Waals surface area (Å²) in [6.45, 7) is 2.70. The van der Waals surface area contributed by atoms with E-state index in [4.69, 9.17) is 19.3 Å². The Hall–Kier alpha value is -2.71. The minimum Gasteiger partial charge on any atom is -0.456 e. The highest BCUT2D eigenvalue weighted by Gasteiger charge is 2.22. The van der Waals surface area contributed by atoms with Crippen molar-refractivity contribution in [1.82, 2.24) is 0 Å². The third kappa shape index (κ3) is 22.5. The third-order valence-corrected chi connectivity index (χ3v) is 4.70. The molecule has 9 heteroatoms. The van der Waals surface area contributed by atoms with Gasteiger partial charge >= 0.3 is 19.8 Å².